The number of rotatable bonds is 1. The van der Waals surface area contributed by atoms with E-state index in [0.717, 1.165) is 27.7 Å². The molecule has 0 bridgehead atoms. The molecule has 1 aliphatic rings. The molecule has 1 nitrogen and oxygen atoms in total. The Morgan fingerprint density at radius 3 is 2.78 bits per heavy atom. The number of thioether (sulfide) groups is 1. The molecule has 1 unspecified atom stereocenters. The van der Waals surface area contributed by atoms with Gasteiger partial charge in [-0.25, -0.2) is 0 Å². The largest absolute Gasteiger partial charge is 0.254 e. The highest BCUT2D eigenvalue weighted by Gasteiger charge is 2.13. The first kappa shape index (κ1) is 12.0. The molecule has 92 valence electrons. The van der Waals surface area contributed by atoms with Gasteiger partial charge in [0.05, 0.1) is 15.0 Å². The van der Waals surface area contributed by atoms with E-state index >= 15 is 0 Å². The Labute approximate surface area is 114 Å². The van der Waals surface area contributed by atoms with E-state index in [1.54, 1.807) is 11.8 Å². The Hall–Kier alpha value is -1.06. The van der Waals surface area contributed by atoms with Gasteiger partial charge in [-0.05, 0) is 40.7 Å². The summed E-state index contributed by atoms with van der Waals surface area (Å²) in [6, 6.07) is 14.7. The normalized spacial score (nSPS) is 22.4. The van der Waals surface area contributed by atoms with E-state index in [4.69, 9.17) is 0 Å². The average molecular weight is 274 g/mol. The first-order valence-electron chi connectivity index (χ1n) is 6.04. The highest BCUT2D eigenvalue weighted by Crippen LogP contribution is 2.29. The summed E-state index contributed by atoms with van der Waals surface area (Å²) < 4.78 is 12.9. The van der Waals surface area contributed by atoms with Crippen molar-refractivity contribution in [2.24, 2.45) is 0 Å². The summed E-state index contributed by atoms with van der Waals surface area (Å²) in [5.41, 5.74) is 1.14. The van der Waals surface area contributed by atoms with E-state index in [9.17, 15) is 4.21 Å². The molecule has 1 heterocycles. The van der Waals surface area contributed by atoms with Gasteiger partial charge in [-0.15, -0.1) is 11.8 Å². The van der Waals surface area contributed by atoms with Gasteiger partial charge in [0.25, 0.3) is 0 Å². The Morgan fingerprint density at radius 1 is 1.11 bits per heavy atom. The maximum Gasteiger partial charge on any atom is 0.0722 e. The van der Waals surface area contributed by atoms with Crippen LogP contribution in [0.2, 0.25) is 0 Å². The van der Waals surface area contributed by atoms with Crippen LogP contribution < -0.4 is 0 Å². The van der Waals surface area contributed by atoms with Crippen LogP contribution in [0, 0.1) is 0 Å². The lowest BCUT2D eigenvalue weighted by Crippen LogP contribution is -2.06. The third-order valence-electron chi connectivity index (χ3n) is 3.00. The Bertz CT molecular complexity index is 631. The molecule has 0 saturated carbocycles. The van der Waals surface area contributed by atoms with Crippen LogP contribution in [0.4, 0.5) is 0 Å². The van der Waals surface area contributed by atoms with Gasteiger partial charge in [0, 0.05) is 5.75 Å². The van der Waals surface area contributed by atoms with Gasteiger partial charge in [-0.3, -0.25) is 4.21 Å². The number of hydrogen-bond donors (Lipinski definition) is 0. The summed E-state index contributed by atoms with van der Waals surface area (Å²) in [5.74, 6) is 1.90. The molecule has 1 atom stereocenters. The lowest BCUT2D eigenvalue weighted by Gasteiger charge is -2.12. The van der Waals surface area contributed by atoms with Crippen LogP contribution in [-0.4, -0.2) is 15.7 Å². The summed E-state index contributed by atoms with van der Waals surface area (Å²) in [7, 11) is -0.788. The Balaban J connectivity index is 1.99. The summed E-state index contributed by atoms with van der Waals surface area (Å²) in [5, 5.41) is 2.48. The zero-order valence-corrected chi connectivity index (χ0v) is 11.6. The van der Waals surface area contributed by atoms with Crippen molar-refractivity contribution < 1.29 is 4.21 Å². The quantitative estimate of drug-likeness (QED) is 0.781. The molecule has 2 aromatic carbocycles. The Morgan fingerprint density at radius 2 is 1.94 bits per heavy atom. The lowest BCUT2D eigenvalue weighted by atomic mass is 10.1. The molecular weight excluding hydrogens is 260 g/mol. The maximum absolute atomic E-state index is 11.9. The lowest BCUT2D eigenvalue weighted by molar-refractivity contribution is 0.686. The number of hydrogen-bond acceptors (Lipinski definition) is 2. The standard InChI is InChI=1S/C15H14OS2/c16-18-9-3-8-17-15(18)11-12-6-7-13-4-1-2-5-14(13)10-12/h1-2,4-7,10-11H,3,8-9H2/b15-11+. The molecular formula is C15H14OS2. The van der Waals surface area contributed by atoms with E-state index in [1.165, 1.54) is 10.8 Å². The summed E-state index contributed by atoms with van der Waals surface area (Å²) in [6.45, 7) is 0. The van der Waals surface area contributed by atoms with Crippen molar-refractivity contribution in [2.75, 3.05) is 11.5 Å². The van der Waals surface area contributed by atoms with E-state index in [2.05, 4.69) is 36.4 Å². The van der Waals surface area contributed by atoms with Gasteiger partial charge in [-0.1, -0.05) is 36.4 Å². The van der Waals surface area contributed by atoms with Gasteiger partial charge >= 0.3 is 0 Å². The molecule has 3 rings (SSSR count). The second-order valence-corrected chi connectivity index (χ2v) is 7.26. The molecule has 18 heavy (non-hydrogen) atoms. The zero-order valence-electron chi connectivity index (χ0n) is 9.96. The second-order valence-electron chi connectivity index (χ2n) is 4.32. The molecule has 1 aliphatic heterocycles. The monoisotopic (exact) mass is 274 g/mol. The van der Waals surface area contributed by atoms with Crippen LogP contribution >= 0.6 is 11.8 Å². The van der Waals surface area contributed by atoms with Crippen molar-refractivity contribution in [3.8, 4) is 0 Å². The van der Waals surface area contributed by atoms with Gasteiger partial charge in [0.15, 0.2) is 0 Å². The smallest absolute Gasteiger partial charge is 0.0722 e. The minimum absolute atomic E-state index is 0.788. The predicted octanol–water partition coefficient (Wildman–Crippen LogP) is 4.02. The molecule has 0 spiro atoms. The first-order valence-corrected chi connectivity index (χ1v) is 8.35. The summed E-state index contributed by atoms with van der Waals surface area (Å²) in [4.78, 5) is 0. The van der Waals surface area contributed by atoms with Gasteiger partial charge in [0.1, 0.15) is 0 Å². The molecule has 3 heteroatoms. The fraction of sp³-hybridized carbons (Fsp3) is 0.200. The average Bonchev–Trinajstić information content (AvgIpc) is 2.41. The minimum Gasteiger partial charge on any atom is -0.254 e. The second kappa shape index (κ2) is 5.29. The van der Waals surface area contributed by atoms with Gasteiger partial charge < -0.3 is 0 Å². The Kier molecular flexibility index (Phi) is 3.52. The fourth-order valence-electron chi connectivity index (χ4n) is 2.07. The van der Waals surface area contributed by atoms with Gasteiger partial charge in [-0.2, -0.15) is 0 Å². The van der Waals surface area contributed by atoms with Crippen LogP contribution in [0.15, 0.2) is 46.7 Å². The highest BCUT2D eigenvalue weighted by molar-refractivity contribution is 8.17. The first-order chi connectivity index (χ1) is 8.83. The molecule has 1 saturated heterocycles. The molecule has 0 aliphatic carbocycles. The van der Waals surface area contributed by atoms with Crippen molar-refractivity contribution in [3.05, 3.63) is 52.3 Å². The predicted molar refractivity (Wildman–Crippen MR) is 82.0 cm³/mol. The SMILES string of the molecule is O=S1CCCS/C1=C\c1ccc2ccccc2c1. The fourth-order valence-corrected chi connectivity index (χ4v) is 4.86. The van der Waals surface area contributed by atoms with Crippen molar-refractivity contribution >= 4 is 39.4 Å². The molecule has 2 aromatic rings. The van der Waals surface area contributed by atoms with Crippen LogP contribution in [0.25, 0.3) is 16.8 Å². The number of benzene rings is 2. The van der Waals surface area contributed by atoms with Crippen molar-refractivity contribution in [1.29, 1.82) is 0 Å². The topological polar surface area (TPSA) is 17.1 Å². The van der Waals surface area contributed by atoms with Crippen molar-refractivity contribution in [1.82, 2.24) is 0 Å². The molecule has 1 fully saturated rings. The summed E-state index contributed by atoms with van der Waals surface area (Å²) in [6.07, 6.45) is 3.14. The minimum atomic E-state index is -0.788. The molecule has 0 radical (unpaired) electrons. The van der Waals surface area contributed by atoms with Crippen molar-refractivity contribution in [2.45, 2.75) is 6.42 Å². The maximum atomic E-state index is 11.9. The molecule has 0 aromatic heterocycles. The number of fused-ring (bicyclic) bond motifs is 1. The third-order valence-corrected chi connectivity index (χ3v) is 6.03. The molecule has 0 N–H and O–H groups in total. The van der Waals surface area contributed by atoms with Crippen molar-refractivity contribution in [3.63, 3.8) is 0 Å². The highest BCUT2D eigenvalue weighted by atomic mass is 32.2. The summed E-state index contributed by atoms with van der Waals surface area (Å²) >= 11 is 1.73. The zero-order chi connectivity index (χ0) is 12.4. The van der Waals surface area contributed by atoms with Crippen LogP contribution in [0.1, 0.15) is 12.0 Å². The van der Waals surface area contributed by atoms with Gasteiger partial charge in [0.2, 0.25) is 0 Å². The molecule has 0 amide bonds. The third kappa shape index (κ3) is 2.52. The van der Waals surface area contributed by atoms with E-state index in [1.807, 2.05) is 12.1 Å². The van der Waals surface area contributed by atoms with E-state index < -0.39 is 10.8 Å². The van der Waals surface area contributed by atoms with Crippen LogP contribution in [-0.2, 0) is 10.8 Å². The van der Waals surface area contributed by atoms with Crippen LogP contribution in [0.5, 0.6) is 0 Å². The van der Waals surface area contributed by atoms with E-state index in [0.29, 0.717) is 0 Å². The van der Waals surface area contributed by atoms with Crippen LogP contribution in [0.3, 0.4) is 0 Å². The van der Waals surface area contributed by atoms with E-state index in [-0.39, 0.29) is 0 Å².